The number of pyridine rings is 2. The molecule has 0 bridgehead atoms. The lowest BCUT2D eigenvalue weighted by Gasteiger charge is -2.28. The number of phenols is 1. The summed E-state index contributed by atoms with van der Waals surface area (Å²) in [5.41, 5.74) is 16.3. The second-order valence-electron chi connectivity index (χ2n) is 22.7. The van der Waals surface area contributed by atoms with Crippen molar-refractivity contribution in [2.24, 2.45) is 0 Å². The molecule has 4 heterocycles. The second kappa shape index (κ2) is 16.9. The average Bonchev–Trinajstić information content (AvgIpc) is 3.96. The fraction of sp³-hybridized carbons (Fsp3) is 0.179. The highest BCUT2D eigenvalue weighted by Crippen LogP contribution is 2.47. The highest BCUT2D eigenvalue weighted by molar-refractivity contribution is 6.18. The van der Waals surface area contributed by atoms with Crippen LogP contribution >= 0.6 is 0 Å². The van der Waals surface area contributed by atoms with E-state index in [1.165, 1.54) is 5.56 Å². The summed E-state index contributed by atoms with van der Waals surface area (Å²) in [6.45, 7) is 20.0. The molecule has 0 spiro atoms. The van der Waals surface area contributed by atoms with Gasteiger partial charge in [0, 0.05) is 56.2 Å². The average molecular weight is 951 g/mol. The number of furan rings is 1. The minimum atomic E-state index is -0.356. The quantitative estimate of drug-likeness (QED) is 0.168. The van der Waals surface area contributed by atoms with Crippen LogP contribution in [0, 0.1) is 0 Å². The normalized spacial score (nSPS) is 12.5. The molecule has 6 heteroatoms. The summed E-state index contributed by atoms with van der Waals surface area (Å²) >= 11 is 0. The van der Waals surface area contributed by atoms with Gasteiger partial charge in [-0.05, 0) is 122 Å². The first-order chi connectivity index (χ1) is 35.0. The van der Waals surface area contributed by atoms with Crippen molar-refractivity contribution >= 4 is 54.6 Å². The summed E-state index contributed by atoms with van der Waals surface area (Å²) in [6.07, 6.45) is 3.85. The number of benzene rings is 8. The van der Waals surface area contributed by atoms with Crippen molar-refractivity contribution in [3.63, 3.8) is 0 Å². The summed E-state index contributed by atoms with van der Waals surface area (Å²) in [6, 6.07) is 60.0. The van der Waals surface area contributed by atoms with Crippen LogP contribution in [-0.4, -0.2) is 24.6 Å². The maximum absolute atomic E-state index is 12.7. The molecule has 358 valence electrons. The molecule has 0 atom stereocenters. The Morgan fingerprint density at radius 3 is 1.93 bits per heavy atom. The van der Waals surface area contributed by atoms with E-state index in [4.69, 9.17) is 19.4 Å². The maximum atomic E-state index is 12.7. The Morgan fingerprint density at radius 2 is 1.19 bits per heavy atom. The fourth-order valence-corrected chi connectivity index (χ4v) is 10.6. The van der Waals surface area contributed by atoms with E-state index < -0.39 is 0 Å². The van der Waals surface area contributed by atoms with Crippen LogP contribution in [0.2, 0.25) is 0 Å². The predicted octanol–water partition coefficient (Wildman–Crippen LogP) is 18.0. The van der Waals surface area contributed by atoms with E-state index in [0.717, 1.165) is 116 Å². The van der Waals surface area contributed by atoms with Crippen molar-refractivity contribution in [1.29, 1.82) is 0 Å². The Balaban J connectivity index is 1.19. The number of fused-ring (bicyclic) bond motifs is 7. The third kappa shape index (κ3) is 7.93. The number of rotatable bonds is 6. The molecule has 0 aliphatic rings. The number of aromatic nitrogens is 4. The van der Waals surface area contributed by atoms with Crippen LogP contribution in [0.25, 0.3) is 116 Å². The fourth-order valence-electron chi connectivity index (χ4n) is 10.6. The summed E-state index contributed by atoms with van der Waals surface area (Å²) in [5.74, 6) is 0.898. The van der Waals surface area contributed by atoms with Crippen LogP contribution in [0.4, 0.5) is 0 Å². The lowest BCUT2D eigenvalue weighted by atomic mass is 9.79. The molecule has 0 radical (unpaired) electrons. The Hall–Kier alpha value is -8.35. The molecule has 6 nitrogen and oxygen atoms in total. The van der Waals surface area contributed by atoms with E-state index in [0.29, 0.717) is 11.4 Å². The molecule has 0 aliphatic carbocycles. The van der Waals surface area contributed by atoms with Gasteiger partial charge in [-0.25, -0.2) is 4.98 Å². The van der Waals surface area contributed by atoms with E-state index in [-0.39, 0.29) is 22.0 Å². The number of nitrogens with zero attached hydrogens (tertiary/aromatic N) is 4. The first kappa shape index (κ1) is 45.8. The third-order valence-electron chi connectivity index (χ3n) is 14.6. The summed E-state index contributed by atoms with van der Waals surface area (Å²) in [7, 11) is 0. The van der Waals surface area contributed by atoms with Crippen LogP contribution in [0.5, 0.6) is 5.75 Å². The minimum Gasteiger partial charge on any atom is -0.507 e. The van der Waals surface area contributed by atoms with Crippen LogP contribution in [-0.2, 0) is 16.2 Å². The Morgan fingerprint density at radius 1 is 0.479 bits per heavy atom. The Bertz CT molecular complexity index is 4140. The Labute approximate surface area is 426 Å². The van der Waals surface area contributed by atoms with Crippen molar-refractivity contribution < 1.29 is 9.52 Å². The zero-order valence-electron chi connectivity index (χ0n) is 43.0. The molecule has 12 aromatic rings. The molecule has 0 saturated heterocycles. The lowest BCUT2D eigenvalue weighted by Crippen LogP contribution is -2.17. The Kier molecular flexibility index (Phi) is 10.6. The van der Waals surface area contributed by atoms with Gasteiger partial charge in [0.2, 0.25) is 0 Å². The molecule has 0 amide bonds. The largest absolute Gasteiger partial charge is 0.507 e. The number of para-hydroxylation sites is 2. The second-order valence-corrected chi connectivity index (χ2v) is 22.7. The number of hydrogen-bond acceptors (Lipinski definition) is 5. The predicted molar refractivity (Wildman–Crippen MR) is 304 cm³/mol. The SMILES string of the molecule is CC(C)(C)c1ccc(-n2c(-c3cc(C(C)(C)C)cc(C(C)(C)C)c3O)nc3c(-c4cc(-c5cc(-c6ccccc6)ccn5)c5oc6cc7c(cnc8ccccc87)cc6c5c4)cccc32)c(-c2ccccc2)c1. The maximum Gasteiger partial charge on any atom is 0.149 e. The van der Waals surface area contributed by atoms with E-state index in [9.17, 15) is 5.11 Å². The number of imidazole rings is 1. The van der Waals surface area contributed by atoms with Crippen molar-refractivity contribution in [3.05, 3.63) is 199 Å². The summed E-state index contributed by atoms with van der Waals surface area (Å²) in [5, 5.41) is 17.9. The molecule has 12 rings (SSSR count). The van der Waals surface area contributed by atoms with Crippen molar-refractivity contribution in [1.82, 2.24) is 19.5 Å². The highest BCUT2D eigenvalue weighted by Gasteiger charge is 2.30. The summed E-state index contributed by atoms with van der Waals surface area (Å²) in [4.78, 5) is 15.7. The molecule has 0 fully saturated rings. The molecule has 0 unspecified atom stereocenters. The lowest BCUT2D eigenvalue weighted by molar-refractivity contribution is 0.446. The number of hydrogen-bond donors (Lipinski definition) is 1. The zero-order chi connectivity index (χ0) is 50.6. The molecule has 4 aromatic heterocycles. The standard InChI is InChI=1S/C67H58N4O2/c1-65(2,3)45-27-28-58(50(35-45)41-21-14-11-15-22-41)71-59-26-18-24-47(61(59)70-64(71)54-36-46(66(4,5)6)37-55(62(54)72)67(7,8)9)43-31-52-51-33-44-39-69-56-25-17-16-23-48(56)49(44)38-60(51)73-63(52)53(32-43)57-34-42(29-30-68-57)40-19-12-10-13-20-40/h10-39,72H,1-9H3. The first-order valence-electron chi connectivity index (χ1n) is 25.3. The van der Waals surface area contributed by atoms with Gasteiger partial charge < -0.3 is 9.52 Å². The molecule has 73 heavy (non-hydrogen) atoms. The molecule has 1 N–H and O–H groups in total. The van der Waals surface area contributed by atoms with Crippen molar-refractivity contribution in [3.8, 4) is 67.5 Å². The smallest absolute Gasteiger partial charge is 0.149 e. The van der Waals surface area contributed by atoms with E-state index in [2.05, 4.69) is 225 Å². The molecule has 8 aromatic carbocycles. The van der Waals surface area contributed by atoms with Crippen LogP contribution in [0.1, 0.15) is 79.0 Å². The van der Waals surface area contributed by atoms with Crippen molar-refractivity contribution in [2.75, 3.05) is 0 Å². The van der Waals surface area contributed by atoms with E-state index in [1.54, 1.807) is 0 Å². The van der Waals surface area contributed by atoms with Crippen LogP contribution < -0.4 is 0 Å². The molecule has 0 aliphatic heterocycles. The van der Waals surface area contributed by atoms with Gasteiger partial charge in [-0.1, -0.05) is 165 Å². The minimum absolute atomic E-state index is 0.102. The van der Waals surface area contributed by atoms with Gasteiger partial charge in [-0.2, -0.15) is 0 Å². The summed E-state index contributed by atoms with van der Waals surface area (Å²) < 4.78 is 9.31. The molecular weight excluding hydrogens is 893 g/mol. The van der Waals surface area contributed by atoms with Gasteiger partial charge in [0.25, 0.3) is 0 Å². The molecule has 0 saturated carbocycles. The zero-order valence-corrected chi connectivity index (χ0v) is 43.0. The van der Waals surface area contributed by atoms with Gasteiger partial charge in [-0.3, -0.25) is 14.5 Å². The van der Waals surface area contributed by atoms with E-state index in [1.807, 2.05) is 24.5 Å². The van der Waals surface area contributed by atoms with Gasteiger partial charge in [0.05, 0.1) is 33.5 Å². The molecular formula is C67H58N4O2. The van der Waals surface area contributed by atoms with Crippen LogP contribution in [0.15, 0.2) is 187 Å². The number of phenolic OH excluding ortho intramolecular Hbond substituents is 1. The number of aromatic hydroxyl groups is 1. The third-order valence-corrected chi connectivity index (χ3v) is 14.6. The van der Waals surface area contributed by atoms with Gasteiger partial charge in [0.15, 0.2) is 0 Å². The van der Waals surface area contributed by atoms with Gasteiger partial charge in [-0.15, -0.1) is 0 Å². The first-order valence-corrected chi connectivity index (χ1v) is 25.3. The van der Waals surface area contributed by atoms with Gasteiger partial charge >= 0.3 is 0 Å². The van der Waals surface area contributed by atoms with Crippen molar-refractivity contribution in [2.45, 2.75) is 78.6 Å². The topological polar surface area (TPSA) is 77.0 Å². The highest BCUT2D eigenvalue weighted by atomic mass is 16.3. The van der Waals surface area contributed by atoms with E-state index >= 15 is 0 Å². The van der Waals surface area contributed by atoms with Crippen LogP contribution in [0.3, 0.4) is 0 Å². The monoisotopic (exact) mass is 950 g/mol. The van der Waals surface area contributed by atoms with Gasteiger partial charge in [0.1, 0.15) is 22.7 Å².